The van der Waals surface area contributed by atoms with Crippen LogP contribution in [0.3, 0.4) is 0 Å². The lowest BCUT2D eigenvalue weighted by atomic mass is 10.2. The monoisotopic (exact) mass is 333 g/mol. The molecule has 0 aromatic heterocycles. The van der Waals surface area contributed by atoms with Crippen LogP contribution in [0.2, 0.25) is 0 Å². The van der Waals surface area contributed by atoms with Crippen LogP contribution in [0.1, 0.15) is 10.4 Å². The Bertz CT molecular complexity index is 747. The third kappa shape index (κ3) is 3.02. The van der Waals surface area contributed by atoms with Crippen LogP contribution in [0.5, 0.6) is 0 Å². The SMILES string of the molecule is O=C(NCCN1C(=O)N=C2C=CSC2C1=O)c1ccccc1F. The molecule has 0 spiro atoms. The first kappa shape index (κ1) is 15.4. The van der Waals surface area contributed by atoms with Gasteiger partial charge in [-0.3, -0.25) is 14.5 Å². The van der Waals surface area contributed by atoms with Gasteiger partial charge in [-0.05, 0) is 23.6 Å². The minimum absolute atomic E-state index is 0.00823. The molecule has 3 rings (SSSR count). The molecule has 4 amide bonds. The first-order valence-electron chi connectivity index (χ1n) is 6.86. The van der Waals surface area contributed by atoms with Crippen LogP contribution in [-0.4, -0.2) is 46.8 Å². The van der Waals surface area contributed by atoms with Gasteiger partial charge in [-0.15, -0.1) is 11.8 Å². The molecule has 1 unspecified atom stereocenters. The smallest absolute Gasteiger partial charge is 0.350 e. The van der Waals surface area contributed by atoms with Gasteiger partial charge in [0.05, 0.1) is 11.3 Å². The summed E-state index contributed by atoms with van der Waals surface area (Å²) in [7, 11) is 0. The van der Waals surface area contributed by atoms with Gasteiger partial charge in [-0.25, -0.2) is 9.18 Å². The molecule has 1 N–H and O–H groups in total. The van der Waals surface area contributed by atoms with E-state index in [0.29, 0.717) is 5.71 Å². The maximum absolute atomic E-state index is 13.5. The lowest BCUT2D eigenvalue weighted by Crippen LogP contribution is -2.49. The minimum Gasteiger partial charge on any atom is -0.350 e. The lowest BCUT2D eigenvalue weighted by molar-refractivity contribution is -0.126. The molecule has 0 radical (unpaired) electrons. The number of aliphatic imine (C=N–C) groups is 1. The molecule has 0 fully saturated rings. The highest BCUT2D eigenvalue weighted by Crippen LogP contribution is 2.27. The number of carbonyl (C=O) groups is 3. The molecule has 1 aromatic carbocycles. The van der Waals surface area contributed by atoms with Crippen LogP contribution >= 0.6 is 11.8 Å². The molecule has 118 valence electrons. The fraction of sp³-hybridized carbons (Fsp3) is 0.200. The van der Waals surface area contributed by atoms with Gasteiger partial charge in [0, 0.05) is 13.1 Å². The van der Waals surface area contributed by atoms with E-state index in [9.17, 15) is 18.8 Å². The summed E-state index contributed by atoms with van der Waals surface area (Å²) in [5.74, 6) is -1.57. The number of halogens is 1. The molecule has 0 bridgehead atoms. The molecular weight excluding hydrogens is 321 g/mol. The number of carbonyl (C=O) groups excluding carboxylic acids is 3. The van der Waals surface area contributed by atoms with Crippen LogP contribution in [0.15, 0.2) is 40.7 Å². The third-order valence-corrected chi connectivity index (χ3v) is 4.42. The van der Waals surface area contributed by atoms with Gasteiger partial charge in [0.25, 0.3) is 5.91 Å². The third-order valence-electron chi connectivity index (χ3n) is 3.41. The molecule has 2 heterocycles. The molecule has 23 heavy (non-hydrogen) atoms. The van der Waals surface area contributed by atoms with Crippen LogP contribution in [0.25, 0.3) is 0 Å². The van der Waals surface area contributed by atoms with Crippen LogP contribution < -0.4 is 5.32 Å². The molecule has 1 atom stereocenters. The van der Waals surface area contributed by atoms with E-state index < -0.39 is 23.0 Å². The van der Waals surface area contributed by atoms with Crippen molar-refractivity contribution in [3.05, 3.63) is 47.1 Å². The summed E-state index contributed by atoms with van der Waals surface area (Å²) in [4.78, 5) is 40.8. The number of hydrogen-bond acceptors (Lipinski definition) is 4. The molecule has 0 aliphatic carbocycles. The Balaban J connectivity index is 1.59. The number of allylic oxidation sites excluding steroid dienone is 1. The van der Waals surface area contributed by atoms with E-state index in [-0.39, 0.29) is 24.6 Å². The van der Waals surface area contributed by atoms with Gasteiger partial charge >= 0.3 is 6.03 Å². The molecule has 0 saturated carbocycles. The van der Waals surface area contributed by atoms with Gasteiger partial charge < -0.3 is 5.32 Å². The van der Waals surface area contributed by atoms with E-state index in [4.69, 9.17) is 0 Å². The van der Waals surface area contributed by atoms with Crippen LogP contribution in [0, 0.1) is 5.82 Å². The standard InChI is InChI=1S/C15H12FN3O3S/c16-10-4-2-1-3-9(10)13(20)17-6-7-19-14(21)12-11(5-8-23-12)18-15(19)22/h1-5,8,12H,6-7H2,(H,17,20). The first-order valence-corrected chi connectivity index (χ1v) is 7.81. The van der Waals surface area contributed by atoms with Crippen molar-refractivity contribution >= 4 is 35.3 Å². The van der Waals surface area contributed by atoms with Gasteiger partial charge in [-0.1, -0.05) is 12.1 Å². The number of imide groups is 1. The Morgan fingerprint density at radius 1 is 1.35 bits per heavy atom. The van der Waals surface area contributed by atoms with Crippen molar-refractivity contribution in [2.24, 2.45) is 4.99 Å². The van der Waals surface area contributed by atoms with E-state index >= 15 is 0 Å². The number of fused-ring (bicyclic) bond motifs is 1. The number of nitrogens with zero attached hydrogens (tertiary/aromatic N) is 2. The van der Waals surface area contributed by atoms with Crippen LogP contribution in [-0.2, 0) is 4.79 Å². The second-order valence-corrected chi connectivity index (χ2v) is 5.88. The van der Waals surface area contributed by atoms with E-state index in [1.165, 1.54) is 30.0 Å². The van der Waals surface area contributed by atoms with Gasteiger partial charge in [0.2, 0.25) is 5.91 Å². The highest BCUT2D eigenvalue weighted by molar-refractivity contribution is 8.04. The largest absolute Gasteiger partial charge is 0.350 e. The second-order valence-electron chi connectivity index (χ2n) is 4.86. The summed E-state index contributed by atoms with van der Waals surface area (Å²) in [5.41, 5.74) is 0.372. The average molecular weight is 333 g/mol. The fourth-order valence-electron chi connectivity index (χ4n) is 2.26. The second kappa shape index (κ2) is 6.33. The highest BCUT2D eigenvalue weighted by atomic mass is 32.2. The zero-order valence-corrected chi connectivity index (χ0v) is 12.7. The van der Waals surface area contributed by atoms with Gasteiger partial charge in [0.1, 0.15) is 11.1 Å². The number of rotatable bonds is 4. The van der Waals surface area contributed by atoms with Gasteiger partial charge in [-0.2, -0.15) is 4.99 Å². The Labute approximate surface area is 135 Å². The summed E-state index contributed by atoms with van der Waals surface area (Å²) in [6.45, 7) is 0.0199. The minimum atomic E-state index is -0.645. The molecule has 2 aliphatic rings. The zero-order chi connectivity index (χ0) is 16.4. The number of hydrogen-bond donors (Lipinski definition) is 1. The molecule has 2 aliphatic heterocycles. The number of thioether (sulfide) groups is 1. The molecule has 6 nitrogen and oxygen atoms in total. The van der Waals surface area contributed by atoms with Gasteiger partial charge in [0.15, 0.2) is 0 Å². The van der Waals surface area contributed by atoms with Crippen molar-refractivity contribution in [2.75, 3.05) is 13.1 Å². The molecule has 1 aromatic rings. The van der Waals surface area contributed by atoms with Crippen molar-refractivity contribution in [1.29, 1.82) is 0 Å². The normalized spacial score (nSPS) is 19.6. The fourth-order valence-corrected chi connectivity index (χ4v) is 3.15. The Morgan fingerprint density at radius 2 is 2.13 bits per heavy atom. The summed E-state index contributed by atoms with van der Waals surface area (Å²) >= 11 is 1.29. The van der Waals surface area contributed by atoms with E-state index in [2.05, 4.69) is 10.3 Å². The average Bonchev–Trinajstić information content (AvgIpc) is 2.99. The van der Waals surface area contributed by atoms with Crippen molar-refractivity contribution in [3.8, 4) is 0 Å². The summed E-state index contributed by atoms with van der Waals surface area (Å²) in [5, 5.41) is 3.72. The van der Waals surface area contributed by atoms with Crippen molar-refractivity contribution in [2.45, 2.75) is 5.25 Å². The predicted octanol–water partition coefficient (Wildman–Crippen LogP) is 1.59. The summed E-state index contributed by atoms with van der Waals surface area (Å²) < 4.78 is 13.5. The zero-order valence-electron chi connectivity index (χ0n) is 11.9. The van der Waals surface area contributed by atoms with Crippen molar-refractivity contribution in [3.63, 3.8) is 0 Å². The summed E-state index contributed by atoms with van der Waals surface area (Å²) in [6, 6.07) is 4.94. The maximum atomic E-state index is 13.5. The molecular formula is C15H12FN3O3S. The molecule has 0 saturated heterocycles. The first-order chi connectivity index (χ1) is 11.1. The Hall–Kier alpha value is -2.48. The lowest BCUT2D eigenvalue weighted by Gasteiger charge is -2.25. The predicted molar refractivity (Wildman–Crippen MR) is 83.8 cm³/mol. The van der Waals surface area contributed by atoms with E-state index in [1.807, 2.05) is 0 Å². The number of benzene rings is 1. The van der Waals surface area contributed by atoms with Crippen molar-refractivity contribution < 1.29 is 18.8 Å². The number of amides is 4. The van der Waals surface area contributed by atoms with Crippen molar-refractivity contribution in [1.82, 2.24) is 10.2 Å². The maximum Gasteiger partial charge on any atom is 0.350 e. The highest BCUT2D eigenvalue weighted by Gasteiger charge is 2.38. The quantitative estimate of drug-likeness (QED) is 0.907. The number of urea groups is 1. The Kier molecular flexibility index (Phi) is 4.24. The van der Waals surface area contributed by atoms with E-state index in [1.54, 1.807) is 17.6 Å². The van der Waals surface area contributed by atoms with Crippen LogP contribution in [0.4, 0.5) is 9.18 Å². The molecule has 8 heteroatoms. The number of nitrogens with one attached hydrogen (secondary N) is 1. The topological polar surface area (TPSA) is 78.8 Å². The van der Waals surface area contributed by atoms with E-state index in [0.717, 1.165) is 4.90 Å². The Morgan fingerprint density at radius 3 is 2.91 bits per heavy atom. The summed E-state index contributed by atoms with van der Waals surface area (Å²) in [6.07, 6.45) is 1.64.